The summed E-state index contributed by atoms with van der Waals surface area (Å²) >= 11 is 0. The van der Waals surface area contributed by atoms with E-state index in [-0.39, 0.29) is 70.4 Å². The van der Waals surface area contributed by atoms with Gasteiger partial charge in [-0.05, 0) is 12.1 Å². The van der Waals surface area contributed by atoms with E-state index in [9.17, 15) is 9.90 Å². The average molecular weight is 327 g/mol. The van der Waals surface area contributed by atoms with Crippen LogP contribution in [0.15, 0.2) is 29.6 Å². The van der Waals surface area contributed by atoms with Crippen LogP contribution in [-0.4, -0.2) is 28.6 Å². The van der Waals surface area contributed by atoms with Crippen molar-refractivity contribution in [2.75, 3.05) is 0 Å². The number of rotatable bonds is 1. The number of carbonyl (C=O) groups excluding carboxylic acids is 1. The van der Waals surface area contributed by atoms with Gasteiger partial charge in [0.05, 0.1) is 5.97 Å². The topological polar surface area (TPSA) is 187 Å². The molecule has 0 radical (unpaired) electrons. The van der Waals surface area contributed by atoms with Gasteiger partial charge < -0.3 is 25.1 Å². The zero-order chi connectivity index (χ0) is 14.8. The number of para-hydroxylation sites is 1. The Bertz CT molecular complexity index is 485. The summed E-state index contributed by atoms with van der Waals surface area (Å²) in [4.78, 5) is 18.2. The fraction of sp³-hybridized carbons (Fsp3) is 0. The molecule has 0 aliphatic carbocycles. The third kappa shape index (κ3) is 22.9. The molecule has 1 aromatic carbocycles. The van der Waals surface area contributed by atoms with Crippen LogP contribution in [0.5, 0.6) is 5.75 Å². The van der Waals surface area contributed by atoms with E-state index in [4.69, 9.17) is 32.7 Å². The van der Waals surface area contributed by atoms with Crippen LogP contribution in [0.2, 0.25) is 0 Å². The first-order chi connectivity index (χ1) is 8.13. The molecule has 0 heterocycles. The molecule has 0 aliphatic heterocycles. The summed E-state index contributed by atoms with van der Waals surface area (Å²) < 4.78 is 31.6. The molecule has 13 heteroatoms. The van der Waals surface area contributed by atoms with Gasteiger partial charge in [0.15, 0.2) is 0 Å². The number of phenols is 1. The third-order valence-electron chi connectivity index (χ3n) is 1.12. The number of hydrogen-bond donors (Lipinski definition) is 3. The van der Waals surface area contributed by atoms with Gasteiger partial charge in [-0.2, -0.15) is 8.42 Å². The normalized spacial score (nSPS) is 8.10. The molecule has 0 saturated heterocycles. The zero-order valence-electron chi connectivity index (χ0n) is 10.5. The van der Waals surface area contributed by atoms with Crippen LogP contribution in [-0.2, 0) is 10.4 Å². The number of carboxylic acid groups (broad SMARTS) is 1. The van der Waals surface area contributed by atoms with Crippen molar-refractivity contribution in [3.05, 3.63) is 39.9 Å². The molecule has 20 heavy (non-hydrogen) atoms. The number of benzene rings is 1. The van der Waals surface area contributed by atoms with Crippen LogP contribution in [0, 0.1) is 10.1 Å². The minimum Gasteiger partial charge on any atom is -0.545 e. The fourth-order valence-electron chi connectivity index (χ4n) is 0.646. The minimum absolute atomic E-state index is 0. The molecular formula is C7H7NNa2O9S. The number of aromatic hydroxyl groups is 1. The number of hydrogen-bond acceptors (Lipinski definition) is 8. The summed E-state index contributed by atoms with van der Waals surface area (Å²) in [6.45, 7) is 0. The molecule has 10 nitrogen and oxygen atoms in total. The maximum Gasteiger partial charge on any atom is 1.00 e. The van der Waals surface area contributed by atoms with Crippen molar-refractivity contribution in [2.45, 2.75) is 0 Å². The van der Waals surface area contributed by atoms with Gasteiger partial charge in [-0.25, -0.2) is 0 Å². The van der Waals surface area contributed by atoms with Gasteiger partial charge in [0, 0.05) is 5.56 Å². The smallest absolute Gasteiger partial charge is 0.545 e. The van der Waals surface area contributed by atoms with Crippen molar-refractivity contribution < 1.29 is 91.6 Å². The molecule has 3 N–H and O–H groups in total. The van der Waals surface area contributed by atoms with Gasteiger partial charge >= 0.3 is 69.5 Å². The van der Waals surface area contributed by atoms with Crippen molar-refractivity contribution in [1.82, 2.24) is 0 Å². The second-order valence-corrected chi connectivity index (χ2v) is 3.22. The SMILES string of the molecule is O=C([O-])c1ccccc1O.O=N[O-].O=S(=O)(O)O.[Na+].[Na+]. The van der Waals surface area contributed by atoms with E-state index in [0.29, 0.717) is 0 Å². The summed E-state index contributed by atoms with van der Waals surface area (Å²) in [7, 11) is -4.67. The third-order valence-corrected chi connectivity index (χ3v) is 1.12. The van der Waals surface area contributed by atoms with Crippen molar-refractivity contribution in [2.24, 2.45) is 5.34 Å². The van der Waals surface area contributed by atoms with E-state index in [1.807, 2.05) is 0 Å². The van der Waals surface area contributed by atoms with Crippen LogP contribution in [0.3, 0.4) is 0 Å². The second-order valence-electron chi connectivity index (χ2n) is 2.33. The van der Waals surface area contributed by atoms with E-state index in [2.05, 4.69) is 0 Å². The Labute approximate surface area is 157 Å². The molecule has 0 bridgehead atoms. The molecule has 0 amide bonds. The minimum atomic E-state index is -4.67. The Hall–Kier alpha value is -0.240. The van der Waals surface area contributed by atoms with Crippen LogP contribution in [0.4, 0.5) is 0 Å². The van der Waals surface area contributed by atoms with Gasteiger partial charge in [0.2, 0.25) is 0 Å². The first-order valence-corrected chi connectivity index (χ1v) is 5.17. The Morgan fingerprint density at radius 3 is 1.65 bits per heavy atom. The number of nitrogens with zero attached hydrogens (tertiary/aromatic N) is 1. The molecule has 0 unspecified atom stereocenters. The predicted octanol–water partition coefficient (Wildman–Crippen LogP) is -6.64. The summed E-state index contributed by atoms with van der Waals surface area (Å²) in [5.74, 6) is -1.62. The predicted molar refractivity (Wildman–Crippen MR) is 55.8 cm³/mol. The molecule has 0 aliphatic rings. The molecule has 0 aromatic heterocycles. The molecule has 0 spiro atoms. The van der Waals surface area contributed by atoms with Gasteiger partial charge in [-0.15, -0.1) is 5.34 Å². The van der Waals surface area contributed by atoms with Crippen LogP contribution < -0.4 is 64.2 Å². The number of carbonyl (C=O) groups is 1. The Morgan fingerprint density at radius 1 is 1.15 bits per heavy atom. The van der Waals surface area contributed by atoms with Crippen LogP contribution >= 0.6 is 0 Å². The molecular weight excluding hydrogens is 320 g/mol. The van der Waals surface area contributed by atoms with Gasteiger partial charge in [0.25, 0.3) is 0 Å². The van der Waals surface area contributed by atoms with Crippen molar-refractivity contribution in [3.63, 3.8) is 0 Å². The Kier molecular flexibility index (Phi) is 21.2. The summed E-state index contributed by atoms with van der Waals surface area (Å²) in [6.07, 6.45) is 0. The second kappa shape index (κ2) is 15.2. The van der Waals surface area contributed by atoms with Gasteiger partial charge in [-0.1, -0.05) is 12.1 Å². The molecule has 1 rings (SSSR count). The quantitative estimate of drug-likeness (QED) is 0.195. The molecule has 0 saturated carbocycles. The summed E-state index contributed by atoms with van der Waals surface area (Å²) in [5, 5.41) is 28.0. The molecule has 102 valence electrons. The number of carboxylic acids is 1. The molecule has 0 atom stereocenters. The van der Waals surface area contributed by atoms with Crippen LogP contribution in [0.25, 0.3) is 0 Å². The number of aromatic carboxylic acids is 1. The maximum atomic E-state index is 10.2. The van der Waals surface area contributed by atoms with Crippen molar-refractivity contribution in [3.8, 4) is 5.75 Å². The standard InChI is InChI=1S/C7H6O3.HNO2.2Na.H2O4S/c8-6-4-2-1-3-5(6)7(9)10;2-1-3;;;1-5(2,3)4/h1-4,8H,(H,9,10);(H,2,3);;;(H2,1,2,3,4)/q;;2*+1;/p-2. The maximum absolute atomic E-state index is 10.2. The van der Waals surface area contributed by atoms with E-state index in [1.165, 1.54) is 18.2 Å². The van der Waals surface area contributed by atoms with Crippen LogP contribution in [0.1, 0.15) is 10.4 Å². The zero-order valence-corrected chi connectivity index (χ0v) is 15.3. The summed E-state index contributed by atoms with van der Waals surface area (Å²) in [5.41, 5.74) is -0.178. The Morgan fingerprint density at radius 2 is 1.45 bits per heavy atom. The van der Waals surface area contributed by atoms with E-state index >= 15 is 0 Å². The fourth-order valence-corrected chi connectivity index (χ4v) is 0.646. The van der Waals surface area contributed by atoms with Gasteiger partial charge in [0.1, 0.15) is 5.75 Å². The van der Waals surface area contributed by atoms with E-state index < -0.39 is 16.4 Å². The molecule has 0 fully saturated rings. The Balaban J connectivity index is -0.000000111. The molecule has 1 aromatic rings. The summed E-state index contributed by atoms with van der Waals surface area (Å²) in [6, 6.07) is 5.64. The first kappa shape index (κ1) is 28.0. The van der Waals surface area contributed by atoms with Gasteiger partial charge in [-0.3, -0.25) is 9.11 Å². The monoisotopic (exact) mass is 327 g/mol. The van der Waals surface area contributed by atoms with E-state index in [0.717, 1.165) is 5.34 Å². The van der Waals surface area contributed by atoms with Crippen molar-refractivity contribution >= 4 is 16.4 Å². The average Bonchev–Trinajstić information content (AvgIpc) is 2.16. The van der Waals surface area contributed by atoms with Crippen molar-refractivity contribution in [1.29, 1.82) is 0 Å². The first-order valence-electron chi connectivity index (χ1n) is 3.77. The van der Waals surface area contributed by atoms with E-state index in [1.54, 1.807) is 6.07 Å². The largest absolute Gasteiger partial charge is 1.00 e.